The molecule has 0 bridgehead atoms. The maximum Gasteiger partial charge on any atom is 0.332 e. The van der Waals surface area contributed by atoms with Crippen molar-refractivity contribution in [3.63, 3.8) is 0 Å². The molecule has 1 aliphatic rings. The molecule has 0 spiro atoms. The Morgan fingerprint density at radius 1 is 1.39 bits per heavy atom. The Hall–Kier alpha value is -1.10. The van der Waals surface area contributed by atoms with Gasteiger partial charge in [0.25, 0.3) is 5.91 Å². The normalized spacial score (nSPS) is 21.5. The number of nitrogens with zero attached hydrogens (tertiary/aromatic N) is 1. The van der Waals surface area contributed by atoms with Crippen LogP contribution in [0.3, 0.4) is 0 Å². The van der Waals surface area contributed by atoms with E-state index in [9.17, 15) is 9.59 Å². The Bertz CT molecular complexity index is 292. The molecule has 0 saturated carbocycles. The first-order chi connectivity index (χ1) is 8.61. The van der Waals surface area contributed by atoms with Gasteiger partial charge in [-0.3, -0.25) is 4.79 Å². The monoisotopic (exact) mass is 256 g/mol. The van der Waals surface area contributed by atoms with Crippen LogP contribution < -0.4 is 5.73 Å². The van der Waals surface area contributed by atoms with Crippen LogP contribution in [0.15, 0.2) is 0 Å². The van der Waals surface area contributed by atoms with E-state index in [1.807, 2.05) is 0 Å². The fourth-order valence-electron chi connectivity index (χ4n) is 2.44. The first-order valence-electron chi connectivity index (χ1n) is 6.84. The van der Waals surface area contributed by atoms with Crippen molar-refractivity contribution in [1.29, 1.82) is 0 Å². The maximum atomic E-state index is 12.2. The quantitative estimate of drug-likeness (QED) is 0.589. The van der Waals surface area contributed by atoms with Crippen molar-refractivity contribution < 1.29 is 14.3 Å². The molecule has 1 fully saturated rings. The Kier molecular flexibility index (Phi) is 6.12. The van der Waals surface area contributed by atoms with Crippen molar-refractivity contribution in [3.05, 3.63) is 0 Å². The molecule has 104 valence electrons. The topological polar surface area (TPSA) is 72.6 Å². The second kappa shape index (κ2) is 7.36. The lowest BCUT2D eigenvalue weighted by atomic mass is 9.97. The number of likely N-dealkylation sites (tertiary alicyclic amines) is 1. The van der Waals surface area contributed by atoms with E-state index in [0.29, 0.717) is 6.54 Å². The second-order valence-corrected chi connectivity index (χ2v) is 4.70. The molecule has 18 heavy (non-hydrogen) atoms. The van der Waals surface area contributed by atoms with Crippen LogP contribution in [0.1, 0.15) is 46.0 Å². The number of carbonyl (C=O) groups excluding carboxylic acids is 2. The molecule has 0 radical (unpaired) electrons. The minimum absolute atomic E-state index is 0.233. The predicted molar refractivity (Wildman–Crippen MR) is 68.9 cm³/mol. The van der Waals surface area contributed by atoms with Crippen molar-refractivity contribution in [2.24, 2.45) is 5.73 Å². The van der Waals surface area contributed by atoms with Crippen molar-refractivity contribution in [3.8, 4) is 0 Å². The highest BCUT2D eigenvalue weighted by Crippen LogP contribution is 2.21. The highest BCUT2D eigenvalue weighted by molar-refractivity contribution is 6.01. The van der Waals surface area contributed by atoms with Crippen LogP contribution in [0.2, 0.25) is 0 Å². The van der Waals surface area contributed by atoms with Crippen LogP contribution in [0.25, 0.3) is 0 Å². The van der Waals surface area contributed by atoms with Crippen LogP contribution in [-0.2, 0) is 14.3 Å². The van der Waals surface area contributed by atoms with Gasteiger partial charge in [-0.1, -0.05) is 13.3 Å². The number of ether oxygens (including phenoxy) is 1. The highest BCUT2D eigenvalue weighted by Gasteiger charge is 2.33. The van der Waals surface area contributed by atoms with Crippen LogP contribution >= 0.6 is 0 Å². The minimum Gasteiger partial charge on any atom is -0.464 e. The average molecular weight is 256 g/mol. The Morgan fingerprint density at radius 3 is 2.72 bits per heavy atom. The van der Waals surface area contributed by atoms with Crippen LogP contribution in [0.5, 0.6) is 0 Å². The van der Waals surface area contributed by atoms with E-state index < -0.39 is 12.0 Å². The molecule has 1 aliphatic heterocycles. The zero-order valence-electron chi connectivity index (χ0n) is 11.4. The van der Waals surface area contributed by atoms with Gasteiger partial charge in [-0.2, -0.15) is 0 Å². The minimum atomic E-state index is -1.16. The number of esters is 1. The maximum absolute atomic E-state index is 12.2. The van der Waals surface area contributed by atoms with Gasteiger partial charge in [-0.25, -0.2) is 4.79 Å². The summed E-state index contributed by atoms with van der Waals surface area (Å²) in [7, 11) is 0. The van der Waals surface area contributed by atoms with Crippen LogP contribution in [0, 0.1) is 0 Å². The Morgan fingerprint density at radius 2 is 2.11 bits per heavy atom. The van der Waals surface area contributed by atoms with E-state index in [4.69, 9.17) is 10.5 Å². The standard InChI is InChI=1S/C13H24N2O3/c1-3-7-10-8-5-6-9-15(10)12(16)11(14)13(17)18-4-2/h10-11H,3-9,14H2,1-2H3. The predicted octanol–water partition coefficient (Wildman–Crippen LogP) is 1.06. The molecule has 0 aromatic carbocycles. The molecule has 1 saturated heterocycles. The van der Waals surface area contributed by atoms with Gasteiger partial charge in [-0.15, -0.1) is 0 Å². The number of carbonyl (C=O) groups is 2. The number of rotatable bonds is 5. The van der Waals surface area contributed by atoms with Gasteiger partial charge in [0.2, 0.25) is 0 Å². The van der Waals surface area contributed by atoms with E-state index in [2.05, 4.69) is 6.92 Å². The van der Waals surface area contributed by atoms with E-state index in [1.54, 1.807) is 11.8 Å². The summed E-state index contributed by atoms with van der Waals surface area (Å²) in [6.07, 6.45) is 5.14. The summed E-state index contributed by atoms with van der Waals surface area (Å²) in [5, 5.41) is 0. The highest BCUT2D eigenvalue weighted by atomic mass is 16.5. The lowest BCUT2D eigenvalue weighted by Crippen LogP contribution is -2.53. The molecular formula is C13H24N2O3. The van der Waals surface area contributed by atoms with Crippen LogP contribution in [0.4, 0.5) is 0 Å². The molecule has 2 unspecified atom stereocenters. The summed E-state index contributed by atoms with van der Waals surface area (Å²) in [5.74, 6) is -0.907. The molecule has 0 aliphatic carbocycles. The van der Waals surface area contributed by atoms with Gasteiger partial charge in [0, 0.05) is 12.6 Å². The number of hydrogen-bond acceptors (Lipinski definition) is 4. The molecule has 5 nitrogen and oxygen atoms in total. The van der Waals surface area contributed by atoms with E-state index in [-0.39, 0.29) is 18.6 Å². The summed E-state index contributed by atoms with van der Waals surface area (Å²) in [6.45, 7) is 4.76. The number of nitrogens with two attached hydrogens (primary N) is 1. The molecular weight excluding hydrogens is 232 g/mol. The lowest BCUT2D eigenvalue weighted by molar-refractivity contribution is -0.152. The molecule has 1 amide bonds. The van der Waals surface area contributed by atoms with Gasteiger partial charge in [0.1, 0.15) is 0 Å². The van der Waals surface area contributed by atoms with Crippen molar-refractivity contribution in [2.75, 3.05) is 13.2 Å². The number of hydrogen-bond donors (Lipinski definition) is 1. The summed E-state index contributed by atoms with van der Waals surface area (Å²) in [6, 6.07) is -0.931. The van der Waals surface area contributed by atoms with Gasteiger partial charge < -0.3 is 15.4 Å². The van der Waals surface area contributed by atoms with Crippen molar-refractivity contribution >= 4 is 11.9 Å². The average Bonchev–Trinajstić information content (AvgIpc) is 2.38. The Balaban J connectivity index is 2.64. The van der Waals surface area contributed by atoms with Gasteiger partial charge in [0.05, 0.1) is 6.61 Å². The van der Waals surface area contributed by atoms with Crippen molar-refractivity contribution in [2.45, 2.75) is 58.0 Å². The molecule has 0 aromatic heterocycles. The third kappa shape index (κ3) is 3.70. The SMILES string of the molecule is CCCC1CCCCN1C(=O)C(N)C(=O)OCC. The smallest absolute Gasteiger partial charge is 0.332 e. The molecule has 0 aromatic rings. The third-order valence-electron chi connectivity index (χ3n) is 3.34. The zero-order chi connectivity index (χ0) is 13.5. The summed E-state index contributed by atoms with van der Waals surface area (Å²) in [5.41, 5.74) is 5.67. The second-order valence-electron chi connectivity index (χ2n) is 4.70. The largest absolute Gasteiger partial charge is 0.464 e. The molecule has 5 heteroatoms. The van der Waals surface area contributed by atoms with Crippen LogP contribution in [-0.4, -0.2) is 42.0 Å². The van der Waals surface area contributed by atoms with E-state index in [0.717, 1.165) is 32.1 Å². The fraction of sp³-hybridized carbons (Fsp3) is 0.846. The summed E-state index contributed by atoms with van der Waals surface area (Å²) < 4.78 is 4.80. The molecule has 1 rings (SSSR count). The summed E-state index contributed by atoms with van der Waals surface area (Å²) >= 11 is 0. The molecule has 2 atom stereocenters. The molecule has 2 N–H and O–H groups in total. The van der Waals surface area contributed by atoms with Gasteiger partial charge in [0.15, 0.2) is 6.04 Å². The van der Waals surface area contributed by atoms with Gasteiger partial charge >= 0.3 is 5.97 Å². The number of piperidine rings is 1. The molecule has 1 heterocycles. The first-order valence-corrected chi connectivity index (χ1v) is 6.84. The Labute approximate surface area is 109 Å². The third-order valence-corrected chi connectivity index (χ3v) is 3.34. The lowest BCUT2D eigenvalue weighted by Gasteiger charge is -2.36. The van der Waals surface area contributed by atoms with E-state index >= 15 is 0 Å². The zero-order valence-corrected chi connectivity index (χ0v) is 11.4. The summed E-state index contributed by atoms with van der Waals surface area (Å²) in [4.78, 5) is 25.5. The van der Waals surface area contributed by atoms with E-state index in [1.165, 1.54) is 0 Å². The first kappa shape index (κ1) is 15.0. The number of amides is 1. The van der Waals surface area contributed by atoms with Gasteiger partial charge in [-0.05, 0) is 32.6 Å². The van der Waals surface area contributed by atoms with Crippen molar-refractivity contribution in [1.82, 2.24) is 4.90 Å². The fourth-order valence-corrected chi connectivity index (χ4v) is 2.44.